The lowest BCUT2D eigenvalue weighted by Crippen LogP contribution is -1.76. The zero-order valence-corrected chi connectivity index (χ0v) is 9.43. The normalized spacial score (nSPS) is 10.9. The van der Waals surface area contributed by atoms with Crippen LogP contribution in [0, 0.1) is 0 Å². The number of hydrogen-bond acceptors (Lipinski definition) is 3. The van der Waals surface area contributed by atoms with Gasteiger partial charge in [0, 0.05) is 4.47 Å². The van der Waals surface area contributed by atoms with E-state index < -0.39 is 0 Å². The second kappa shape index (κ2) is 3.10. The molecule has 1 aromatic carbocycles. The molecular formula is C6HBrCl2N2S. The maximum Gasteiger partial charge on any atom is 0.126 e. The van der Waals surface area contributed by atoms with Crippen LogP contribution in [0.5, 0.6) is 0 Å². The molecule has 0 bridgehead atoms. The van der Waals surface area contributed by atoms with Crippen LogP contribution in [0.2, 0.25) is 10.0 Å². The molecule has 0 amide bonds. The molecule has 0 aliphatic heterocycles. The van der Waals surface area contributed by atoms with Crippen molar-refractivity contribution in [1.82, 2.24) is 8.75 Å². The van der Waals surface area contributed by atoms with Gasteiger partial charge in [-0.15, -0.1) is 0 Å². The lowest BCUT2D eigenvalue weighted by Gasteiger charge is -1.96. The largest absolute Gasteiger partial charge is 0.171 e. The van der Waals surface area contributed by atoms with Crippen molar-refractivity contribution in [3.8, 4) is 0 Å². The molecule has 2 nitrogen and oxygen atoms in total. The summed E-state index contributed by atoms with van der Waals surface area (Å²) in [6.07, 6.45) is 0. The molecule has 62 valence electrons. The standard InChI is InChI=1S/C6HBrCl2N2S/c7-2-1-3(8)5-6(4(2)9)11-12-10-5/h1H. The Morgan fingerprint density at radius 1 is 1.25 bits per heavy atom. The second-order valence-corrected chi connectivity index (χ2v) is 4.28. The van der Waals surface area contributed by atoms with Crippen LogP contribution in [-0.2, 0) is 0 Å². The summed E-state index contributed by atoms with van der Waals surface area (Å²) in [4.78, 5) is 0. The number of benzene rings is 1. The zero-order valence-electron chi connectivity index (χ0n) is 5.51. The summed E-state index contributed by atoms with van der Waals surface area (Å²) < 4.78 is 8.78. The lowest BCUT2D eigenvalue weighted by molar-refractivity contribution is 1.61. The van der Waals surface area contributed by atoms with Gasteiger partial charge >= 0.3 is 0 Å². The Bertz CT molecular complexity index is 442. The molecule has 0 unspecified atom stereocenters. The average Bonchev–Trinajstić information content (AvgIpc) is 2.48. The van der Waals surface area contributed by atoms with Crippen molar-refractivity contribution in [2.75, 3.05) is 0 Å². The van der Waals surface area contributed by atoms with Gasteiger partial charge in [-0.25, -0.2) is 0 Å². The highest BCUT2D eigenvalue weighted by Crippen LogP contribution is 2.34. The highest BCUT2D eigenvalue weighted by atomic mass is 79.9. The molecule has 12 heavy (non-hydrogen) atoms. The van der Waals surface area contributed by atoms with Crippen molar-refractivity contribution in [1.29, 1.82) is 0 Å². The monoisotopic (exact) mass is 282 g/mol. The van der Waals surface area contributed by atoms with Gasteiger partial charge in [0.05, 0.1) is 21.8 Å². The van der Waals surface area contributed by atoms with Crippen molar-refractivity contribution >= 4 is 61.9 Å². The number of fused-ring (bicyclic) bond motifs is 1. The van der Waals surface area contributed by atoms with Gasteiger partial charge in [0.1, 0.15) is 11.0 Å². The van der Waals surface area contributed by atoms with E-state index in [0.29, 0.717) is 21.1 Å². The van der Waals surface area contributed by atoms with Crippen LogP contribution in [0.3, 0.4) is 0 Å². The average molecular weight is 284 g/mol. The third kappa shape index (κ3) is 1.23. The van der Waals surface area contributed by atoms with Gasteiger partial charge in [0.2, 0.25) is 0 Å². The van der Waals surface area contributed by atoms with Gasteiger partial charge in [-0.3, -0.25) is 0 Å². The van der Waals surface area contributed by atoms with Crippen molar-refractivity contribution in [3.63, 3.8) is 0 Å². The molecule has 0 saturated heterocycles. The Hall–Kier alpha value is 0.1000. The van der Waals surface area contributed by atoms with Crippen LogP contribution >= 0.6 is 50.9 Å². The molecule has 1 heterocycles. The highest BCUT2D eigenvalue weighted by molar-refractivity contribution is 9.10. The molecule has 0 N–H and O–H groups in total. The quantitative estimate of drug-likeness (QED) is 0.688. The third-order valence-corrected chi connectivity index (χ3v) is 3.44. The van der Waals surface area contributed by atoms with Crippen molar-refractivity contribution < 1.29 is 0 Å². The van der Waals surface area contributed by atoms with E-state index in [1.54, 1.807) is 6.07 Å². The van der Waals surface area contributed by atoms with E-state index >= 15 is 0 Å². The van der Waals surface area contributed by atoms with Gasteiger partial charge in [0.25, 0.3) is 0 Å². The van der Waals surface area contributed by atoms with Crippen LogP contribution in [0.4, 0.5) is 0 Å². The minimum Gasteiger partial charge on any atom is -0.171 e. The van der Waals surface area contributed by atoms with Crippen LogP contribution in [0.1, 0.15) is 0 Å². The summed E-state index contributed by atoms with van der Waals surface area (Å²) >= 11 is 16.2. The first-order valence-electron chi connectivity index (χ1n) is 2.96. The van der Waals surface area contributed by atoms with Crippen LogP contribution in [0.25, 0.3) is 11.0 Å². The first kappa shape index (κ1) is 8.69. The Morgan fingerprint density at radius 3 is 2.67 bits per heavy atom. The van der Waals surface area contributed by atoms with E-state index in [9.17, 15) is 0 Å². The molecule has 6 heteroatoms. The van der Waals surface area contributed by atoms with E-state index in [1.807, 2.05) is 0 Å². The van der Waals surface area contributed by atoms with Gasteiger partial charge < -0.3 is 0 Å². The molecule has 0 aliphatic carbocycles. The summed E-state index contributed by atoms with van der Waals surface area (Å²) in [6, 6.07) is 1.72. The third-order valence-electron chi connectivity index (χ3n) is 1.39. The summed E-state index contributed by atoms with van der Waals surface area (Å²) in [7, 11) is 0. The molecule has 0 spiro atoms. The van der Waals surface area contributed by atoms with Crippen LogP contribution in [0.15, 0.2) is 10.5 Å². The van der Waals surface area contributed by atoms with Gasteiger partial charge in [-0.1, -0.05) is 23.2 Å². The van der Waals surface area contributed by atoms with Gasteiger partial charge in [-0.05, 0) is 22.0 Å². The number of nitrogens with zero attached hydrogens (tertiary/aromatic N) is 2. The van der Waals surface area contributed by atoms with Gasteiger partial charge in [0.15, 0.2) is 0 Å². The highest BCUT2D eigenvalue weighted by Gasteiger charge is 2.10. The molecule has 0 atom stereocenters. The molecular weight excluding hydrogens is 283 g/mol. The Kier molecular flexibility index (Phi) is 2.25. The maximum absolute atomic E-state index is 5.94. The van der Waals surface area contributed by atoms with Crippen molar-refractivity contribution in [2.45, 2.75) is 0 Å². The van der Waals surface area contributed by atoms with E-state index in [0.717, 1.165) is 16.2 Å². The summed E-state index contributed by atoms with van der Waals surface area (Å²) in [5.74, 6) is 0. The summed E-state index contributed by atoms with van der Waals surface area (Å²) in [6.45, 7) is 0. The molecule has 0 saturated carbocycles. The predicted molar refractivity (Wildman–Crippen MR) is 55.1 cm³/mol. The molecule has 0 fully saturated rings. The second-order valence-electron chi connectivity index (χ2n) is 2.12. The fourth-order valence-electron chi connectivity index (χ4n) is 0.845. The van der Waals surface area contributed by atoms with Crippen molar-refractivity contribution in [3.05, 3.63) is 20.6 Å². The number of halogens is 3. The Balaban J connectivity index is 2.97. The summed E-state index contributed by atoms with van der Waals surface area (Å²) in [5.41, 5.74) is 1.32. The Morgan fingerprint density at radius 2 is 1.92 bits per heavy atom. The fourth-order valence-corrected chi connectivity index (χ4v) is 2.49. The fraction of sp³-hybridized carbons (Fsp3) is 0. The SMILES string of the molecule is Clc1cc(Br)c(Cl)c2nsnc12. The lowest BCUT2D eigenvalue weighted by atomic mass is 10.3. The molecule has 2 rings (SSSR count). The smallest absolute Gasteiger partial charge is 0.126 e. The predicted octanol–water partition coefficient (Wildman–Crippen LogP) is 3.76. The minimum absolute atomic E-state index is 0.558. The summed E-state index contributed by atoms with van der Waals surface area (Å²) in [5, 5.41) is 1.12. The van der Waals surface area contributed by atoms with E-state index in [-0.39, 0.29) is 0 Å². The minimum atomic E-state index is 0.558. The number of rotatable bonds is 0. The molecule has 0 radical (unpaired) electrons. The van der Waals surface area contributed by atoms with E-state index in [4.69, 9.17) is 23.2 Å². The van der Waals surface area contributed by atoms with Crippen molar-refractivity contribution in [2.24, 2.45) is 0 Å². The zero-order chi connectivity index (χ0) is 8.72. The Labute approximate surface area is 90.9 Å². The first-order chi connectivity index (χ1) is 5.70. The van der Waals surface area contributed by atoms with Crippen LogP contribution in [-0.4, -0.2) is 8.75 Å². The molecule has 2 aromatic rings. The van der Waals surface area contributed by atoms with Gasteiger partial charge in [-0.2, -0.15) is 8.75 Å². The number of hydrogen-bond donors (Lipinski definition) is 0. The topological polar surface area (TPSA) is 25.8 Å². The molecule has 0 aliphatic rings. The maximum atomic E-state index is 5.94. The van der Waals surface area contributed by atoms with Crippen LogP contribution < -0.4 is 0 Å². The first-order valence-corrected chi connectivity index (χ1v) is 5.24. The number of aromatic nitrogens is 2. The van der Waals surface area contributed by atoms with E-state index in [1.165, 1.54) is 0 Å². The van der Waals surface area contributed by atoms with E-state index in [2.05, 4.69) is 24.7 Å². The molecule has 1 aromatic heterocycles.